The zero-order valence-electron chi connectivity index (χ0n) is 32.2. The van der Waals surface area contributed by atoms with E-state index in [4.69, 9.17) is 14.7 Å². The van der Waals surface area contributed by atoms with Crippen molar-refractivity contribution in [1.29, 1.82) is 0 Å². The smallest absolute Gasteiger partial charge is 0.407 e. The number of hydrogen-bond donors (Lipinski definition) is 3. The van der Waals surface area contributed by atoms with Crippen molar-refractivity contribution >= 4 is 29.2 Å². The number of pyridine rings is 1. The zero-order chi connectivity index (χ0) is 38.5. The van der Waals surface area contributed by atoms with E-state index >= 15 is 0 Å². The maximum atomic E-state index is 13.6. The van der Waals surface area contributed by atoms with Crippen LogP contribution in [0.1, 0.15) is 87.2 Å². The second-order valence-electron chi connectivity index (χ2n) is 15.4. The van der Waals surface area contributed by atoms with Gasteiger partial charge in [0.1, 0.15) is 11.9 Å². The Morgan fingerprint density at radius 1 is 0.909 bits per heavy atom. The molecule has 0 unspecified atom stereocenters. The fourth-order valence-electron chi connectivity index (χ4n) is 8.28. The van der Waals surface area contributed by atoms with E-state index < -0.39 is 12.1 Å². The number of aromatic nitrogens is 3. The molecule has 3 aliphatic rings. The van der Waals surface area contributed by atoms with Crippen molar-refractivity contribution < 1.29 is 19.1 Å². The highest BCUT2D eigenvalue weighted by molar-refractivity contribution is 6.04. The van der Waals surface area contributed by atoms with Crippen molar-refractivity contribution in [1.82, 2.24) is 30.5 Å². The number of rotatable bonds is 11. The topological polar surface area (TPSA) is 142 Å². The van der Waals surface area contributed by atoms with Crippen molar-refractivity contribution in [2.24, 2.45) is 16.8 Å². The van der Waals surface area contributed by atoms with Gasteiger partial charge >= 0.3 is 6.09 Å². The van der Waals surface area contributed by atoms with Gasteiger partial charge in [0.2, 0.25) is 11.8 Å². The van der Waals surface area contributed by atoms with Crippen LogP contribution in [0.2, 0.25) is 0 Å². The quantitative estimate of drug-likeness (QED) is 0.145. The lowest BCUT2D eigenvalue weighted by atomic mass is 9.78. The van der Waals surface area contributed by atoms with Crippen LogP contribution in [-0.2, 0) is 20.9 Å². The number of aryl methyl sites for hydroxylation is 1. The molecular formula is C44H51N7O4. The minimum atomic E-state index is -0.649. The van der Waals surface area contributed by atoms with E-state index in [2.05, 4.69) is 75.2 Å². The maximum absolute atomic E-state index is 13.6. The number of aliphatic imine (C=N–C) groups is 1. The molecule has 1 saturated carbocycles. The number of methoxy groups -OCH3 is 1. The lowest BCUT2D eigenvalue weighted by Crippen LogP contribution is -2.53. The SMILES string of the molecule is COC(=O)N[C@H](C(=O)N1CCC[C@H]1C1=NC=C(c2ccc(-c3ccc(-c4cnc([C@H]5CCCC[C@@H]5C(=O)NCc5cncc(C)c5)[nH]4)cc3)cc2)C1)C(C)C. The molecule has 0 bridgehead atoms. The molecule has 11 heteroatoms. The van der Waals surface area contributed by atoms with Crippen LogP contribution in [0.3, 0.4) is 0 Å². The summed E-state index contributed by atoms with van der Waals surface area (Å²) in [5.41, 5.74) is 9.52. The highest BCUT2D eigenvalue weighted by Crippen LogP contribution is 2.38. The number of amides is 3. The van der Waals surface area contributed by atoms with Crippen molar-refractivity contribution in [3.8, 4) is 22.4 Å². The predicted octanol–water partition coefficient (Wildman–Crippen LogP) is 7.59. The minimum Gasteiger partial charge on any atom is -0.453 e. The van der Waals surface area contributed by atoms with Crippen LogP contribution in [0.5, 0.6) is 0 Å². The number of ether oxygens (including phenoxy) is 1. The first-order valence-corrected chi connectivity index (χ1v) is 19.5. The van der Waals surface area contributed by atoms with Crippen LogP contribution in [0.4, 0.5) is 4.79 Å². The summed E-state index contributed by atoms with van der Waals surface area (Å²) in [5, 5.41) is 5.87. The second-order valence-corrected chi connectivity index (χ2v) is 15.4. The van der Waals surface area contributed by atoms with E-state index in [0.717, 1.165) is 94.7 Å². The average Bonchev–Trinajstić information content (AvgIpc) is 4.01. The molecule has 4 heterocycles. The number of alkyl carbamates (subject to hydrolysis) is 1. The van der Waals surface area contributed by atoms with Crippen LogP contribution in [0, 0.1) is 18.8 Å². The Morgan fingerprint density at radius 3 is 2.33 bits per heavy atom. The summed E-state index contributed by atoms with van der Waals surface area (Å²) in [6, 6.07) is 18.3. The molecule has 0 spiro atoms. The van der Waals surface area contributed by atoms with Gasteiger partial charge in [-0.25, -0.2) is 9.78 Å². The first-order chi connectivity index (χ1) is 26.7. The molecular weight excluding hydrogens is 691 g/mol. The molecule has 2 fully saturated rings. The highest BCUT2D eigenvalue weighted by atomic mass is 16.5. The molecule has 7 rings (SSSR count). The molecule has 4 aromatic rings. The summed E-state index contributed by atoms with van der Waals surface area (Å²) >= 11 is 0. The van der Waals surface area contributed by atoms with Gasteiger partial charge < -0.3 is 25.3 Å². The zero-order valence-corrected chi connectivity index (χ0v) is 32.2. The number of imidazole rings is 1. The van der Waals surface area contributed by atoms with Crippen LogP contribution in [0.25, 0.3) is 28.0 Å². The first kappa shape index (κ1) is 37.7. The molecule has 4 atom stereocenters. The Balaban J connectivity index is 0.957. The molecule has 0 radical (unpaired) electrons. The van der Waals surface area contributed by atoms with Crippen LogP contribution in [0.15, 0.2) is 84.4 Å². The molecule has 3 amide bonds. The normalized spacial score (nSPS) is 20.2. The minimum absolute atomic E-state index is 0.0551. The summed E-state index contributed by atoms with van der Waals surface area (Å²) in [4.78, 5) is 58.1. The number of nitrogens with one attached hydrogen (secondary N) is 3. The van der Waals surface area contributed by atoms with Crippen LogP contribution in [-0.4, -0.2) is 69.2 Å². The van der Waals surface area contributed by atoms with Crippen molar-refractivity contribution in [3.05, 3.63) is 102 Å². The van der Waals surface area contributed by atoms with E-state index in [1.807, 2.05) is 44.3 Å². The fourth-order valence-corrected chi connectivity index (χ4v) is 8.28. The highest BCUT2D eigenvalue weighted by Gasteiger charge is 2.38. The van der Waals surface area contributed by atoms with Crippen LogP contribution >= 0.6 is 0 Å². The van der Waals surface area contributed by atoms with Crippen molar-refractivity contribution in [3.63, 3.8) is 0 Å². The van der Waals surface area contributed by atoms with Gasteiger partial charge in [-0.2, -0.15) is 0 Å². The number of aromatic amines is 1. The lowest BCUT2D eigenvalue weighted by Gasteiger charge is -2.31. The first-order valence-electron chi connectivity index (χ1n) is 19.5. The van der Waals surface area contributed by atoms with Gasteiger partial charge in [0.15, 0.2) is 0 Å². The van der Waals surface area contributed by atoms with Gasteiger partial charge in [-0.05, 0) is 77.5 Å². The Labute approximate surface area is 323 Å². The Hall–Kier alpha value is -5.58. The van der Waals surface area contributed by atoms with Gasteiger partial charge in [-0.3, -0.25) is 19.6 Å². The summed E-state index contributed by atoms with van der Waals surface area (Å²) in [6.07, 6.45) is 13.2. The number of hydrogen-bond acceptors (Lipinski definition) is 7. The monoisotopic (exact) mass is 741 g/mol. The lowest BCUT2D eigenvalue weighted by molar-refractivity contribution is -0.134. The molecule has 2 aromatic carbocycles. The predicted molar refractivity (Wildman–Crippen MR) is 214 cm³/mol. The molecule has 1 aliphatic carbocycles. The maximum Gasteiger partial charge on any atom is 0.407 e. The van der Waals surface area contributed by atoms with Gasteiger partial charge in [0.05, 0.1) is 25.0 Å². The third kappa shape index (κ3) is 8.56. The molecule has 286 valence electrons. The average molecular weight is 742 g/mol. The standard InChI is InChI=1S/C44H51N7O4/c1-27(2)40(50-44(54)55-4)43(53)51-19-7-10-39(51)37-21-34(25-46-37)32-13-11-30(12-14-32)31-15-17-33(18-16-31)38-26-47-41(49-38)35-8-5-6-9-36(35)42(52)48-24-29-20-28(3)22-45-23-29/h11-18,20,22-23,25-27,35-36,39-40H,5-10,19,21,24H2,1-4H3,(H,47,49)(H,48,52)(H,50,54)/t35-,36-,39-,40-/m0/s1. The summed E-state index contributed by atoms with van der Waals surface area (Å²) < 4.78 is 4.77. The number of allylic oxidation sites excluding steroid dienone is 1. The van der Waals surface area contributed by atoms with Gasteiger partial charge in [-0.15, -0.1) is 0 Å². The number of likely N-dealkylation sites (tertiary alicyclic amines) is 1. The Bertz CT molecular complexity index is 2070. The summed E-state index contributed by atoms with van der Waals surface area (Å²) in [6.45, 7) is 6.97. The number of benzene rings is 2. The summed E-state index contributed by atoms with van der Waals surface area (Å²) in [5.74, 6) is 0.731. The van der Waals surface area contributed by atoms with E-state index in [1.54, 1.807) is 6.20 Å². The molecule has 2 aromatic heterocycles. The third-order valence-corrected chi connectivity index (χ3v) is 11.3. The van der Waals surface area contributed by atoms with E-state index in [0.29, 0.717) is 19.5 Å². The number of carbonyl (C=O) groups excluding carboxylic acids is 3. The molecule has 2 aliphatic heterocycles. The van der Waals surface area contributed by atoms with Crippen LogP contribution < -0.4 is 10.6 Å². The largest absolute Gasteiger partial charge is 0.453 e. The molecule has 55 heavy (non-hydrogen) atoms. The van der Waals surface area contributed by atoms with Crippen molar-refractivity contribution in [2.75, 3.05) is 13.7 Å². The number of H-pyrrole nitrogens is 1. The molecule has 1 saturated heterocycles. The fraction of sp³-hybridized carbons (Fsp3) is 0.409. The Kier molecular flexibility index (Phi) is 11.5. The number of carbonyl (C=O) groups is 3. The third-order valence-electron chi connectivity index (χ3n) is 11.3. The second kappa shape index (κ2) is 16.8. The van der Waals surface area contributed by atoms with Crippen molar-refractivity contribution in [2.45, 2.75) is 90.3 Å². The van der Waals surface area contributed by atoms with Gasteiger partial charge in [0, 0.05) is 55.7 Å². The summed E-state index contributed by atoms with van der Waals surface area (Å²) in [7, 11) is 1.31. The molecule has 11 nitrogen and oxygen atoms in total. The number of nitrogens with zero attached hydrogens (tertiary/aromatic N) is 4. The van der Waals surface area contributed by atoms with Gasteiger partial charge in [-0.1, -0.05) is 81.3 Å². The molecule has 3 N–H and O–H groups in total. The Morgan fingerprint density at radius 2 is 1.62 bits per heavy atom. The van der Waals surface area contributed by atoms with E-state index in [1.165, 1.54) is 7.11 Å². The van der Waals surface area contributed by atoms with E-state index in [9.17, 15) is 14.4 Å². The van der Waals surface area contributed by atoms with E-state index in [-0.39, 0.29) is 35.6 Å². The van der Waals surface area contributed by atoms with Gasteiger partial charge in [0.25, 0.3) is 0 Å².